The average Bonchev–Trinajstić information content (AvgIpc) is 3.61. The second-order valence-electron chi connectivity index (χ2n) is 19.6. The number of ether oxygens (including phenoxy) is 12. The van der Waals surface area contributed by atoms with Gasteiger partial charge in [-0.25, -0.2) is 9.59 Å². The number of ketones is 1. The van der Waals surface area contributed by atoms with Gasteiger partial charge in [0, 0.05) is 47.5 Å². The Morgan fingerprint density at radius 1 is 0.565 bits per heavy atom. The Morgan fingerprint density at radius 3 is 1.52 bits per heavy atom. The molecule has 6 aliphatic rings. The maximum absolute atomic E-state index is 14.3. The number of aliphatic hydroxyl groups excluding tert-OH is 1. The van der Waals surface area contributed by atoms with Gasteiger partial charge in [-0.2, -0.15) is 0 Å². The number of fused-ring (bicyclic) bond motifs is 5. The second kappa shape index (κ2) is 21.7. The van der Waals surface area contributed by atoms with Gasteiger partial charge in [0.05, 0.1) is 26.4 Å². The van der Waals surface area contributed by atoms with Crippen molar-refractivity contribution in [1.29, 1.82) is 0 Å². The van der Waals surface area contributed by atoms with Crippen LogP contribution in [0.1, 0.15) is 107 Å². The van der Waals surface area contributed by atoms with Crippen molar-refractivity contribution in [1.82, 2.24) is 0 Å². The van der Waals surface area contributed by atoms with Crippen LogP contribution in [-0.4, -0.2) is 153 Å². The minimum absolute atomic E-state index is 0.0553. The van der Waals surface area contributed by atoms with E-state index in [0.717, 1.165) is 68.6 Å². The molecule has 22 nitrogen and oxygen atoms in total. The van der Waals surface area contributed by atoms with E-state index in [1.165, 1.54) is 0 Å². The predicted molar refractivity (Wildman–Crippen MR) is 227 cm³/mol. The molecule has 386 valence electrons. The van der Waals surface area contributed by atoms with Gasteiger partial charge in [-0.1, -0.05) is 13.8 Å². The Hall–Kier alpha value is -4.77. The third kappa shape index (κ3) is 11.2. The molecular formula is C47H66O22. The molecule has 6 rings (SSSR count). The summed E-state index contributed by atoms with van der Waals surface area (Å²) in [5, 5.41) is 12.3. The van der Waals surface area contributed by atoms with Gasteiger partial charge < -0.3 is 61.9 Å². The van der Waals surface area contributed by atoms with Crippen molar-refractivity contribution in [2.45, 2.75) is 180 Å². The molecule has 0 spiro atoms. The second-order valence-corrected chi connectivity index (χ2v) is 19.6. The van der Waals surface area contributed by atoms with Crippen LogP contribution < -0.4 is 0 Å². The van der Waals surface area contributed by atoms with Crippen molar-refractivity contribution < 1.29 is 105 Å². The van der Waals surface area contributed by atoms with Crippen LogP contribution in [0.2, 0.25) is 0 Å². The number of aliphatic hydroxyl groups is 1. The number of carbonyl (C=O) groups excluding carboxylic acids is 9. The van der Waals surface area contributed by atoms with E-state index in [9.17, 15) is 48.3 Å². The maximum Gasteiger partial charge on any atom is 0.339 e. The van der Waals surface area contributed by atoms with Crippen LogP contribution in [0.5, 0.6) is 0 Å². The largest absolute Gasteiger partial charge is 0.467 e. The number of rotatable bonds is 14. The molecule has 19 unspecified atom stereocenters. The van der Waals surface area contributed by atoms with Gasteiger partial charge in [-0.3, -0.25) is 33.6 Å². The highest BCUT2D eigenvalue weighted by Gasteiger charge is 2.65. The van der Waals surface area contributed by atoms with Crippen LogP contribution in [0.15, 0.2) is 0 Å². The third-order valence-corrected chi connectivity index (χ3v) is 15.3. The molecular weight excluding hydrogens is 916 g/mol. The highest BCUT2D eigenvalue weighted by atomic mass is 16.8. The normalized spacial score (nSPS) is 40.2. The van der Waals surface area contributed by atoms with E-state index in [-0.39, 0.29) is 34.9 Å². The molecule has 0 radical (unpaired) electrons. The quantitative estimate of drug-likeness (QED) is 0.148. The third-order valence-electron chi connectivity index (χ3n) is 15.3. The molecule has 0 bridgehead atoms. The number of methoxy groups -OCH3 is 2. The molecule has 19 atom stereocenters. The Balaban J connectivity index is 1.16. The molecule has 2 heterocycles. The van der Waals surface area contributed by atoms with E-state index in [1.807, 2.05) is 6.92 Å². The molecule has 4 aliphatic carbocycles. The first-order valence-electron chi connectivity index (χ1n) is 23.4. The van der Waals surface area contributed by atoms with E-state index in [0.29, 0.717) is 38.5 Å². The molecule has 6 fully saturated rings. The lowest BCUT2D eigenvalue weighted by Gasteiger charge is -2.62. The van der Waals surface area contributed by atoms with E-state index < -0.39 is 139 Å². The summed E-state index contributed by atoms with van der Waals surface area (Å²) in [5.41, 5.74) is -0.986. The van der Waals surface area contributed by atoms with Crippen LogP contribution in [0, 0.1) is 40.4 Å². The summed E-state index contributed by atoms with van der Waals surface area (Å²) >= 11 is 0. The standard InChI is InChI=1S/C47H66O22/c1-20(48)61-34-36(63-22(3)50)40(65-24(5)52)44(68-38(34)42(56)58-9)60-19-32(55)30-14-13-29-28-12-11-26-17-27(15-16-46(26,7)33(28)31(54)18-47(29,30)8)67-45-41(66-25(6)53)37(64-23(4)51)35(62-21(2)49)39(69-45)43(57)59-10/h26-31,33-41,44-45,54H,11-19H2,1-10H3. The lowest BCUT2D eigenvalue weighted by molar-refractivity contribution is -0.315. The average molecular weight is 983 g/mol. The fraction of sp³-hybridized carbons (Fsp3) is 0.809. The topological polar surface area (TPSA) is 285 Å². The Kier molecular flexibility index (Phi) is 16.8. The van der Waals surface area contributed by atoms with Crippen molar-refractivity contribution in [2.75, 3.05) is 20.8 Å². The highest BCUT2D eigenvalue weighted by Crippen LogP contribution is 2.67. The summed E-state index contributed by atoms with van der Waals surface area (Å²) in [6.07, 6.45) is -12.1. The molecule has 22 heteroatoms. The fourth-order valence-corrected chi connectivity index (χ4v) is 12.9. The number of hydrogen-bond donors (Lipinski definition) is 1. The lowest BCUT2D eigenvalue weighted by Crippen LogP contribution is -2.64. The summed E-state index contributed by atoms with van der Waals surface area (Å²) in [7, 11) is 2.18. The Morgan fingerprint density at radius 2 is 1.03 bits per heavy atom. The summed E-state index contributed by atoms with van der Waals surface area (Å²) in [6, 6.07) is 0. The molecule has 69 heavy (non-hydrogen) atoms. The Bertz CT molecular complexity index is 1990. The summed E-state index contributed by atoms with van der Waals surface area (Å²) in [5.74, 6) is -7.70. The van der Waals surface area contributed by atoms with Gasteiger partial charge in [-0.15, -0.1) is 0 Å². The van der Waals surface area contributed by atoms with Crippen LogP contribution in [-0.2, 0) is 100.0 Å². The zero-order valence-electron chi connectivity index (χ0n) is 40.7. The van der Waals surface area contributed by atoms with Gasteiger partial charge in [0.15, 0.2) is 67.2 Å². The summed E-state index contributed by atoms with van der Waals surface area (Å²) in [6.45, 7) is 10.2. The molecule has 4 saturated carbocycles. The first kappa shape index (κ1) is 53.6. The molecule has 1 N–H and O–H groups in total. The van der Waals surface area contributed by atoms with Crippen LogP contribution in [0.25, 0.3) is 0 Å². The predicted octanol–water partition coefficient (Wildman–Crippen LogP) is 1.97. The first-order chi connectivity index (χ1) is 32.4. The van der Waals surface area contributed by atoms with Crippen LogP contribution in [0.4, 0.5) is 0 Å². The van der Waals surface area contributed by atoms with Crippen molar-refractivity contribution in [2.24, 2.45) is 40.4 Å². The van der Waals surface area contributed by atoms with Crippen LogP contribution >= 0.6 is 0 Å². The monoisotopic (exact) mass is 982 g/mol. The molecule has 0 aromatic rings. The van der Waals surface area contributed by atoms with E-state index in [2.05, 4.69) is 6.92 Å². The molecule has 2 saturated heterocycles. The van der Waals surface area contributed by atoms with Gasteiger partial charge in [0.1, 0.15) is 6.61 Å². The molecule has 0 amide bonds. The van der Waals surface area contributed by atoms with E-state index in [4.69, 9.17) is 56.8 Å². The van der Waals surface area contributed by atoms with Crippen molar-refractivity contribution >= 4 is 53.5 Å². The maximum atomic E-state index is 14.3. The fourth-order valence-electron chi connectivity index (χ4n) is 12.9. The number of esters is 8. The smallest absolute Gasteiger partial charge is 0.339 e. The van der Waals surface area contributed by atoms with Crippen molar-refractivity contribution in [3.63, 3.8) is 0 Å². The molecule has 0 aromatic heterocycles. The zero-order chi connectivity index (χ0) is 50.9. The molecule has 2 aliphatic heterocycles. The van der Waals surface area contributed by atoms with Gasteiger partial charge in [0.2, 0.25) is 0 Å². The highest BCUT2D eigenvalue weighted by molar-refractivity contribution is 5.83. The number of Topliss-reactive ketones (excluding diaryl/α,β-unsaturated/α-hetero) is 1. The summed E-state index contributed by atoms with van der Waals surface area (Å²) in [4.78, 5) is 114. The number of carbonyl (C=O) groups is 9. The Labute approximate surface area is 399 Å². The van der Waals surface area contributed by atoms with Crippen molar-refractivity contribution in [3.8, 4) is 0 Å². The van der Waals surface area contributed by atoms with Gasteiger partial charge >= 0.3 is 47.8 Å². The van der Waals surface area contributed by atoms with E-state index in [1.54, 1.807) is 0 Å². The summed E-state index contributed by atoms with van der Waals surface area (Å²) < 4.78 is 67.0. The van der Waals surface area contributed by atoms with E-state index >= 15 is 0 Å². The van der Waals surface area contributed by atoms with Gasteiger partial charge in [0.25, 0.3) is 0 Å². The van der Waals surface area contributed by atoms with Crippen molar-refractivity contribution in [3.05, 3.63) is 0 Å². The first-order valence-corrected chi connectivity index (χ1v) is 23.4. The minimum atomic E-state index is -1.69. The lowest BCUT2D eigenvalue weighted by atomic mass is 9.44. The number of hydrogen-bond acceptors (Lipinski definition) is 22. The minimum Gasteiger partial charge on any atom is -0.467 e. The van der Waals surface area contributed by atoms with Crippen LogP contribution in [0.3, 0.4) is 0 Å². The SMILES string of the molecule is COC(=O)C1OC(OCC(=O)C2CCC3C4CCC5CC(OC6OC(C(=O)OC)C(OC(C)=O)C(OC(C)=O)C6OC(C)=O)CCC5(C)C4C(O)CC23C)C(OC(C)=O)C(OC(C)=O)C1OC(C)=O. The zero-order valence-corrected chi connectivity index (χ0v) is 40.7. The van der Waals surface area contributed by atoms with Gasteiger partial charge in [-0.05, 0) is 85.9 Å². The molecule has 0 aromatic carbocycles.